The number of nitrogens with zero attached hydrogens (tertiary/aromatic N) is 1. The van der Waals surface area contributed by atoms with Crippen LogP contribution in [0.2, 0.25) is 0 Å². The van der Waals surface area contributed by atoms with E-state index in [0.29, 0.717) is 16.9 Å². The van der Waals surface area contributed by atoms with Gasteiger partial charge in [0.2, 0.25) is 0 Å². The average molecular weight is 290 g/mol. The summed E-state index contributed by atoms with van der Waals surface area (Å²) in [5.74, 6) is 0.533. The second-order valence-corrected chi connectivity index (χ2v) is 5.36. The molecule has 0 fully saturated rings. The molecular weight excluding hydrogens is 272 g/mol. The number of aliphatic hydroxyl groups excluding tert-OH is 1. The van der Waals surface area contributed by atoms with E-state index in [1.165, 1.54) is 0 Å². The fourth-order valence-electron chi connectivity index (χ4n) is 2.33. The molecular formula is C15H18N2O4. The van der Waals surface area contributed by atoms with Crippen LogP contribution < -0.4 is 10.1 Å². The lowest BCUT2D eigenvalue weighted by atomic mass is 9.86. The number of fused-ring (bicyclic) bond motifs is 1. The van der Waals surface area contributed by atoms with Crippen molar-refractivity contribution >= 4 is 6.09 Å². The largest absolute Gasteiger partial charge is 0.485 e. The minimum Gasteiger partial charge on any atom is -0.485 e. The molecule has 1 aromatic rings. The SMILES string of the molecule is CCOC(=O)NC1c2cc(C#N)ccc2OC(C)(C)[C@H]1O. The first-order valence-electron chi connectivity index (χ1n) is 6.73. The van der Waals surface area contributed by atoms with Gasteiger partial charge in [0.25, 0.3) is 0 Å². The van der Waals surface area contributed by atoms with E-state index >= 15 is 0 Å². The predicted octanol–water partition coefficient (Wildman–Crippen LogP) is 1.88. The molecule has 0 bridgehead atoms. The summed E-state index contributed by atoms with van der Waals surface area (Å²) in [6.07, 6.45) is -1.59. The molecule has 1 unspecified atom stereocenters. The lowest BCUT2D eigenvalue weighted by Gasteiger charge is -2.42. The van der Waals surface area contributed by atoms with Crippen LogP contribution in [-0.4, -0.2) is 29.5 Å². The molecule has 6 nitrogen and oxygen atoms in total. The average Bonchev–Trinajstić information content (AvgIpc) is 2.43. The molecule has 6 heteroatoms. The summed E-state index contributed by atoms with van der Waals surface area (Å²) in [5, 5.41) is 22.1. The molecule has 0 saturated carbocycles. The van der Waals surface area contributed by atoms with Crippen LogP contribution in [0.25, 0.3) is 0 Å². The number of carbonyl (C=O) groups is 1. The molecule has 2 rings (SSSR count). The van der Waals surface area contributed by atoms with E-state index in [2.05, 4.69) is 5.32 Å². The molecule has 1 aliphatic rings. The van der Waals surface area contributed by atoms with Crippen molar-refractivity contribution in [3.05, 3.63) is 29.3 Å². The minimum atomic E-state index is -0.969. The number of amides is 1. The Morgan fingerprint density at radius 3 is 2.90 bits per heavy atom. The van der Waals surface area contributed by atoms with Gasteiger partial charge in [0, 0.05) is 5.56 Å². The molecule has 1 aromatic carbocycles. The first-order valence-corrected chi connectivity index (χ1v) is 6.73. The number of alkyl carbamates (subject to hydrolysis) is 1. The highest BCUT2D eigenvalue weighted by Crippen LogP contribution is 2.40. The molecule has 1 heterocycles. The smallest absolute Gasteiger partial charge is 0.407 e. The first kappa shape index (κ1) is 15.1. The Labute approximate surface area is 123 Å². The van der Waals surface area contributed by atoms with E-state index in [1.54, 1.807) is 39.0 Å². The van der Waals surface area contributed by atoms with Gasteiger partial charge in [-0.2, -0.15) is 5.26 Å². The number of ether oxygens (including phenoxy) is 2. The Morgan fingerprint density at radius 1 is 1.57 bits per heavy atom. The number of nitrogens with one attached hydrogen (secondary N) is 1. The van der Waals surface area contributed by atoms with Crippen molar-refractivity contribution in [1.82, 2.24) is 5.32 Å². The third-order valence-electron chi connectivity index (χ3n) is 3.42. The van der Waals surface area contributed by atoms with E-state index in [0.717, 1.165) is 0 Å². The summed E-state index contributed by atoms with van der Waals surface area (Å²) >= 11 is 0. The maximum absolute atomic E-state index is 11.7. The van der Waals surface area contributed by atoms with Gasteiger partial charge in [-0.3, -0.25) is 0 Å². The Bertz CT molecular complexity index is 592. The fourth-order valence-corrected chi connectivity index (χ4v) is 2.33. The maximum Gasteiger partial charge on any atom is 0.407 e. The van der Waals surface area contributed by atoms with E-state index in [1.807, 2.05) is 6.07 Å². The van der Waals surface area contributed by atoms with Crippen molar-refractivity contribution < 1.29 is 19.4 Å². The summed E-state index contributed by atoms with van der Waals surface area (Å²) in [6.45, 7) is 5.41. The number of aliphatic hydroxyl groups is 1. The molecule has 1 amide bonds. The van der Waals surface area contributed by atoms with Gasteiger partial charge >= 0.3 is 6.09 Å². The quantitative estimate of drug-likeness (QED) is 0.867. The molecule has 2 atom stereocenters. The Balaban J connectivity index is 2.42. The highest BCUT2D eigenvalue weighted by molar-refractivity contribution is 5.68. The zero-order valence-electron chi connectivity index (χ0n) is 12.2. The van der Waals surface area contributed by atoms with Gasteiger partial charge in [-0.25, -0.2) is 4.79 Å². The van der Waals surface area contributed by atoms with Gasteiger partial charge in [0.15, 0.2) is 0 Å². The summed E-state index contributed by atoms with van der Waals surface area (Å²) in [5.41, 5.74) is 0.125. The van der Waals surface area contributed by atoms with Crippen LogP contribution in [0, 0.1) is 11.3 Å². The van der Waals surface area contributed by atoms with Crippen molar-refractivity contribution in [3.8, 4) is 11.8 Å². The molecule has 0 aromatic heterocycles. The van der Waals surface area contributed by atoms with Gasteiger partial charge in [0.1, 0.15) is 17.5 Å². The van der Waals surface area contributed by atoms with Crippen molar-refractivity contribution in [2.75, 3.05) is 6.61 Å². The van der Waals surface area contributed by atoms with Gasteiger partial charge in [-0.05, 0) is 39.0 Å². The molecule has 1 aliphatic heterocycles. The Hall–Kier alpha value is -2.26. The highest BCUT2D eigenvalue weighted by Gasteiger charge is 2.43. The van der Waals surface area contributed by atoms with Gasteiger partial charge in [-0.15, -0.1) is 0 Å². The number of hydrogen-bond acceptors (Lipinski definition) is 5. The third-order valence-corrected chi connectivity index (χ3v) is 3.42. The second kappa shape index (κ2) is 5.62. The highest BCUT2D eigenvalue weighted by atomic mass is 16.5. The molecule has 112 valence electrons. The summed E-state index contributed by atoms with van der Waals surface area (Å²) in [4.78, 5) is 11.7. The molecule has 21 heavy (non-hydrogen) atoms. The standard InChI is InChI=1S/C15H18N2O4/c1-4-20-14(19)17-12-10-7-9(8-16)5-6-11(10)21-15(2,3)13(12)18/h5-7,12-13,18H,4H2,1-3H3,(H,17,19)/t12?,13-/m0/s1. The van der Waals surface area contributed by atoms with Crippen LogP contribution in [0.15, 0.2) is 18.2 Å². The lowest BCUT2D eigenvalue weighted by molar-refractivity contribution is -0.0636. The van der Waals surface area contributed by atoms with Crippen LogP contribution >= 0.6 is 0 Å². The van der Waals surface area contributed by atoms with Gasteiger partial charge < -0.3 is 19.9 Å². The van der Waals surface area contributed by atoms with Crippen LogP contribution in [-0.2, 0) is 4.74 Å². The van der Waals surface area contributed by atoms with Crippen LogP contribution in [0.5, 0.6) is 5.75 Å². The number of carbonyl (C=O) groups excluding carboxylic acids is 1. The van der Waals surface area contributed by atoms with E-state index in [-0.39, 0.29) is 6.61 Å². The fraction of sp³-hybridized carbons (Fsp3) is 0.467. The number of benzene rings is 1. The molecule has 0 spiro atoms. The van der Waals surface area contributed by atoms with E-state index in [4.69, 9.17) is 14.7 Å². The van der Waals surface area contributed by atoms with Crippen molar-refractivity contribution in [3.63, 3.8) is 0 Å². The Morgan fingerprint density at radius 2 is 2.29 bits per heavy atom. The predicted molar refractivity (Wildman–Crippen MR) is 74.8 cm³/mol. The summed E-state index contributed by atoms with van der Waals surface area (Å²) < 4.78 is 10.6. The third kappa shape index (κ3) is 2.93. The molecule has 0 saturated heterocycles. The number of rotatable bonds is 2. The van der Waals surface area contributed by atoms with Crippen molar-refractivity contribution in [1.29, 1.82) is 5.26 Å². The van der Waals surface area contributed by atoms with Crippen LogP contribution in [0.1, 0.15) is 37.9 Å². The van der Waals surface area contributed by atoms with E-state index < -0.39 is 23.8 Å². The van der Waals surface area contributed by atoms with Crippen molar-refractivity contribution in [2.45, 2.75) is 38.5 Å². The van der Waals surface area contributed by atoms with E-state index in [9.17, 15) is 9.90 Å². The van der Waals surface area contributed by atoms with Crippen LogP contribution in [0.3, 0.4) is 0 Å². The molecule has 0 aliphatic carbocycles. The summed E-state index contributed by atoms with van der Waals surface area (Å²) in [7, 11) is 0. The lowest BCUT2D eigenvalue weighted by Crippen LogP contribution is -2.53. The van der Waals surface area contributed by atoms with Gasteiger partial charge in [-0.1, -0.05) is 0 Å². The monoisotopic (exact) mass is 290 g/mol. The number of hydrogen-bond donors (Lipinski definition) is 2. The first-order chi connectivity index (χ1) is 9.89. The molecule has 2 N–H and O–H groups in total. The Kier molecular flexibility index (Phi) is 4.05. The van der Waals surface area contributed by atoms with Crippen molar-refractivity contribution in [2.24, 2.45) is 0 Å². The number of nitriles is 1. The normalized spacial score (nSPS) is 22.4. The molecule has 0 radical (unpaired) electrons. The minimum absolute atomic E-state index is 0.236. The van der Waals surface area contributed by atoms with Crippen LogP contribution in [0.4, 0.5) is 4.79 Å². The zero-order valence-corrected chi connectivity index (χ0v) is 12.2. The topological polar surface area (TPSA) is 91.6 Å². The second-order valence-electron chi connectivity index (χ2n) is 5.36. The van der Waals surface area contributed by atoms with Gasteiger partial charge in [0.05, 0.1) is 24.3 Å². The maximum atomic E-state index is 11.7. The summed E-state index contributed by atoms with van der Waals surface area (Å²) in [6, 6.07) is 6.24. The zero-order chi connectivity index (χ0) is 15.6.